The van der Waals surface area contributed by atoms with Crippen LogP contribution in [0.15, 0.2) is 11.6 Å². The van der Waals surface area contributed by atoms with Crippen LogP contribution in [0.3, 0.4) is 0 Å². The number of rotatable bonds is 7. The Labute approximate surface area is 208 Å². The highest BCUT2D eigenvalue weighted by Crippen LogP contribution is 2.68. The van der Waals surface area contributed by atoms with Crippen LogP contribution in [0.4, 0.5) is 0 Å². The van der Waals surface area contributed by atoms with E-state index in [-0.39, 0.29) is 41.2 Å². The van der Waals surface area contributed by atoms with Crippen molar-refractivity contribution in [1.82, 2.24) is 0 Å². The van der Waals surface area contributed by atoms with Gasteiger partial charge in [0.25, 0.3) is 0 Å². The number of hydrogen-bond acceptors (Lipinski definition) is 7. The summed E-state index contributed by atoms with van der Waals surface area (Å²) in [5, 5.41) is 11.6. The smallest absolute Gasteiger partial charge is 0.306 e. The number of ether oxygens (including phenoxy) is 2. The Morgan fingerprint density at radius 2 is 1.89 bits per heavy atom. The van der Waals surface area contributed by atoms with Gasteiger partial charge in [-0.25, -0.2) is 0 Å². The van der Waals surface area contributed by atoms with Gasteiger partial charge in [-0.2, -0.15) is 0 Å². The molecule has 7 heteroatoms. The maximum atomic E-state index is 13.7. The van der Waals surface area contributed by atoms with Crippen LogP contribution >= 0.6 is 0 Å². The molecule has 194 valence electrons. The van der Waals surface area contributed by atoms with Gasteiger partial charge in [0.05, 0.1) is 6.10 Å². The molecule has 0 bridgehead atoms. The predicted octanol–water partition coefficient (Wildman–Crippen LogP) is 4.09. The molecule has 7 atom stereocenters. The number of carbonyl (C=O) groups is 4. The normalized spacial score (nSPS) is 40.1. The third-order valence-electron chi connectivity index (χ3n) is 9.90. The Morgan fingerprint density at radius 1 is 1.14 bits per heavy atom. The van der Waals surface area contributed by atoms with E-state index in [1.807, 2.05) is 13.8 Å². The average molecular weight is 489 g/mol. The molecule has 0 aromatic rings. The minimum absolute atomic E-state index is 0.00356. The van der Waals surface area contributed by atoms with Gasteiger partial charge in [0.15, 0.2) is 18.0 Å². The number of unbranched alkanes of at least 4 members (excludes halogenated alkanes) is 1. The summed E-state index contributed by atoms with van der Waals surface area (Å²) in [5.41, 5.74) is -1.25. The number of esters is 2. The average Bonchev–Trinajstić information content (AvgIpc) is 3.08. The lowest BCUT2D eigenvalue weighted by Gasteiger charge is -2.60. The summed E-state index contributed by atoms with van der Waals surface area (Å²) < 4.78 is 11.2. The lowest BCUT2D eigenvalue weighted by Crippen LogP contribution is -2.63. The summed E-state index contributed by atoms with van der Waals surface area (Å²) in [6.07, 6.45) is 7.17. The van der Waals surface area contributed by atoms with Crippen LogP contribution in [0.25, 0.3) is 0 Å². The van der Waals surface area contributed by atoms with Crippen molar-refractivity contribution in [3.63, 3.8) is 0 Å². The van der Waals surface area contributed by atoms with E-state index in [2.05, 4.69) is 6.92 Å². The van der Waals surface area contributed by atoms with Crippen LogP contribution < -0.4 is 0 Å². The van der Waals surface area contributed by atoms with E-state index >= 15 is 0 Å². The van der Waals surface area contributed by atoms with Crippen molar-refractivity contribution in [3.05, 3.63) is 11.6 Å². The molecule has 0 aromatic carbocycles. The number of Topliss-reactive ketones (excluding diaryl/α,β-unsaturated/α-hetero) is 1. The third-order valence-corrected chi connectivity index (χ3v) is 9.90. The summed E-state index contributed by atoms with van der Waals surface area (Å²) in [6, 6.07) is 0. The first-order valence-electron chi connectivity index (χ1n) is 13.3. The third kappa shape index (κ3) is 4.17. The standard InChI is InChI=1S/C28H40O7/c1-5-6-7-24(33)35-28(23(32)16-34-17(2)29)13-11-21-20-9-8-18-14-19(30)10-12-26(18,3)25(20)22(31)15-27(21,28)4/h14,20-22,25,31H,5-13,15-16H2,1-4H3/t20?,21?,22?,25?,26?,27?,28-/m0/s1. The van der Waals surface area contributed by atoms with Crippen molar-refractivity contribution in [2.24, 2.45) is 28.6 Å². The maximum Gasteiger partial charge on any atom is 0.306 e. The van der Waals surface area contributed by atoms with Crippen LogP contribution in [-0.4, -0.2) is 46.9 Å². The molecule has 0 amide bonds. The second kappa shape index (κ2) is 9.45. The Morgan fingerprint density at radius 3 is 2.57 bits per heavy atom. The SMILES string of the molecule is CCCCC(=O)O[C@]1(C(=O)COC(C)=O)CCC2C3CCC4=CC(=O)CCC4(C)C3C(O)CC21C. The van der Waals surface area contributed by atoms with Crippen LogP contribution in [0.1, 0.15) is 91.9 Å². The number of ketones is 2. The van der Waals surface area contributed by atoms with Gasteiger partial charge in [-0.1, -0.05) is 32.8 Å². The lowest BCUT2D eigenvalue weighted by molar-refractivity contribution is -0.203. The molecule has 7 nitrogen and oxygen atoms in total. The summed E-state index contributed by atoms with van der Waals surface area (Å²) in [5.74, 6) is -0.929. The fraction of sp³-hybridized carbons (Fsp3) is 0.786. The van der Waals surface area contributed by atoms with Gasteiger partial charge in [0, 0.05) is 25.2 Å². The summed E-state index contributed by atoms with van der Waals surface area (Å²) >= 11 is 0. The highest BCUT2D eigenvalue weighted by molar-refractivity contribution is 5.93. The molecule has 1 N–H and O–H groups in total. The van der Waals surface area contributed by atoms with Crippen molar-refractivity contribution >= 4 is 23.5 Å². The van der Waals surface area contributed by atoms with E-state index < -0.39 is 35.7 Å². The van der Waals surface area contributed by atoms with Gasteiger partial charge >= 0.3 is 11.9 Å². The van der Waals surface area contributed by atoms with Gasteiger partial charge in [-0.05, 0) is 74.2 Å². The second-order valence-corrected chi connectivity index (χ2v) is 11.7. The zero-order valence-electron chi connectivity index (χ0n) is 21.6. The largest absolute Gasteiger partial charge is 0.458 e. The van der Waals surface area contributed by atoms with E-state index in [1.165, 1.54) is 6.92 Å². The summed E-state index contributed by atoms with van der Waals surface area (Å²) in [4.78, 5) is 50.1. The fourth-order valence-corrected chi connectivity index (χ4v) is 8.21. The zero-order valence-corrected chi connectivity index (χ0v) is 21.6. The van der Waals surface area contributed by atoms with E-state index in [4.69, 9.17) is 9.47 Å². The number of aliphatic hydroxyl groups excluding tert-OH is 1. The van der Waals surface area contributed by atoms with Crippen LogP contribution in [0.2, 0.25) is 0 Å². The first-order chi connectivity index (χ1) is 16.5. The number of fused-ring (bicyclic) bond motifs is 5. The van der Waals surface area contributed by atoms with Crippen LogP contribution in [0.5, 0.6) is 0 Å². The molecule has 4 rings (SSSR count). The number of carbonyl (C=O) groups excluding carboxylic acids is 4. The maximum absolute atomic E-state index is 13.7. The Balaban J connectivity index is 1.70. The fourth-order valence-electron chi connectivity index (χ4n) is 8.21. The molecule has 0 saturated heterocycles. The topological polar surface area (TPSA) is 107 Å². The second-order valence-electron chi connectivity index (χ2n) is 11.7. The minimum atomic E-state index is -1.41. The minimum Gasteiger partial charge on any atom is -0.458 e. The number of aliphatic hydroxyl groups is 1. The van der Waals surface area contributed by atoms with Crippen molar-refractivity contribution in [1.29, 1.82) is 0 Å². The van der Waals surface area contributed by atoms with Gasteiger partial charge in [0.1, 0.15) is 0 Å². The highest BCUT2D eigenvalue weighted by atomic mass is 16.6. The molecule has 0 aromatic heterocycles. The molecule has 4 aliphatic rings. The summed E-state index contributed by atoms with van der Waals surface area (Å²) in [6.45, 7) is 6.98. The molecule has 3 saturated carbocycles. The molecule has 35 heavy (non-hydrogen) atoms. The van der Waals surface area contributed by atoms with Crippen molar-refractivity contribution < 1.29 is 33.8 Å². The predicted molar refractivity (Wildman–Crippen MR) is 128 cm³/mol. The summed E-state index contributed by atoms with van der Waals surface area (Å²) in [7, 11) is 0. The Hall–Kier alpha value is -2.02. The van der Waals surface area contributed by atoms with Gasteiger partial charge in [0.2, 0.25) is 5.78 Å². The highest BCUT2D eigenvalue weighted by Gasteiger charge is 2.70. The lowest BCUT2D eigenvalue weighted by atomic mass is 9.45. The van der Waals surface area contributed by atoms with E-state index in [0.29, 0.717) is 32.1 Å². The van der Waals surface area contributed by atoms with Crippen molar-refractivity contribution in [3.8, 4) is 0 Å². The quantitative estimate of drug-likeness (QED) is 0.538. The molecule has 3 fully saturated rings. The van der Waals surface area contributed by atoms with E-state index in [1.54, 1.807) is 6.08 Å². The molecule has 4 aliphatic carbocycles. The van der Waals surface area contributed by atoms with Crippen LogP contribution in [-0.2, 0) is 28.7 Å². The number of allylic oxidation sites excluding steroid dienone is 1. The van der Waals surface area contributed by atoms with Crippen molar-refractivity contribution in [2.45, 2.75) is 104 Å². The van der Waals surface area contributed by atoms with Gasteiger partial charge in [-0.15, -0.1) is 0 Å². The van der Waals surface area contributed by atoms with E-state index in [0.717, 1.165) is 31.3 Å². The van der Waals surface area contributed by atoms with Gasteiger partial charge < -0.3 is 14.6 Å². The van der Waals surface area contributed by atoms with Crippen LogP contribution in [0, 0.1) is 28.6 Å². The number of hydrogen-bond donors (Lipinski definition) is 1. The zero-order chi connectivity index (χ0) is 25.6. The molecule has 0 aliphatic heterocycles. The first-order valence-corrected chi connectivity index (χ1v) is 13.3. The molecular formula is C28H40O7. The molecule has 0 spiro atoms. The molecule has 0 heterocycles. The van der Waals surface area contributed by atoms with Crippen molar-refractivity contribution in [2.75, 3.05) is 6.61 Å². The molecular weight excluding hydrogens is 448 g/mol. The molecule has 6 unspecified atom stereocenters. The Kier molecular flexibility index (Phi) is 7.04. The Bertz CT molecular complexity index is 938. The molecule has 0 radical (unpaired) electrons. The first kappa shape index (κ1) is 26.1. The van der Waals surface area contributed by atoms with Gasteiger partial charge in [-0.3, -0.25) is 19.2 Å². The monoisotopic (exact) mass is 488 g/mol. The van der Waals surface area contributed by atoms with E-state index in [9.17, 15) is 24.3 Å².